The zero-order chi connectivity index (χ0) is 13.9. The van der Waals surface area contributed by atoms with Crippen LogP contribution in [0.25, 0.3) is 0 Å². The highest BCUT2D eigenvalue weighted by Gasteiger charge is 2.24. The second-order valence-corrected chi connectivity index (χ2v) is 5.93. The van der Waals surface area contributed by atoms with Crippen molar-refractivity contribution >= 4 is 17.3 Å². The highest BCUT2D eigenvalue weighted by molar-refractivity contribution is 5.84. The third kappa shape index (κ3) is 2.74. The van der Waals surface area contributed by atoms with Crippen LogP contribution >= 0.6 is 0 Å². The van der Waals surface area contributed by atoms with Crippen LogP contribution in [0, 0.1) is 5.92 Å². The van der Waals surface area contributed by atoms with Gasteiger partial charge in [-0.05, 0) is 30.9 Å². The lowest BCUT2D eigenvalue weighted by Gasteiger charge is -2.35. The van der Waals surface area contributed by atoms with Gasteiger partial charge in [-0.1, -0.05) is 19.1 Å². The maximum atomic E-state index is 12.4. The number of nitrogens with zero attached hydrogens (tertiary/aromatic N) is 2. The first-order valence-corrected chi connectivity index (χ1v) is 7.59. The van der Waals surface area contributed by atoms with E-state index in [1.807, 2.05) is 17.0 Å². The molecule has 1 saturated heterocycles. The monoisotopic (exact) mass is 273 g/mol. The van der Waals surface area contributed by atoms with E-state index in [1.165, 1.54) is 0 Å². The maximum absolute atomic E-state index is 12.4. The van der Waals surface area contributed by atoms with Crippen molar-refractivity contribution in [2.24, 2.45) is 5.92 Å². The quantitative estimate of drug-likeness (QED) is 0.897. The van der Waals surface area contributed by atoms with Crippen molar-refractivity contribution in [1.29, 1.82) is 0 Å². The molecule has 108 valence electrons. The van der Waals surface area contributed by atoms with E-state index in [1.54, 1.807) is 0 Å². The number of likely N-dealkylation sites (tertiary alicyclic amines) is 1. The first-order chi connectivity index (χ1) is 9.74. The first kappa shape index (κ1) is 13.3. The third-order valence-corrected chi connectivity index (χ3v) is 4.40. The Morgan fingerprint density at radius 2 is 2.00 bits per heavy atom. The maximum Gasteiger partial charge on any atom is 0.242 e. The highest BCUT2D eigenvalue weighted by atomic mass is 16.2. The van der Waals surface area contributed by atoms with Crippen molar-refractivity contribution in [3.8, 4) is 0 Å². The van der Waals surface area contributed by atoms with Crippen molar-refractivity contribution in [3.05, 3.63) is 24.3 Å². The number of carbonyl (C=O) groups excluding carboxylic acids is 1. The number of anilines is 2. The number of rotatable bonds is 2. The van der Waals surface area contributed by atoms with Crippen LogP contribution in [0.15, 0.2) is 24.3 Å². The zero-order valence-electron chi connectivity index (χ0n) is 12.1. The fraction of sp³-hybridized carbons (Fsp3) is 0.562. The fourth-order valence-electron chi connectivity index (χ4n) is 3.03. The van der Waals surface area contributed by atoms with E-state index in [0.717, 1.165) is 56.3 Å². The van der Waals surface area contributed by atoms with E-state index in [0.29, 0.717) is 6.54 Å². The smallest absolute Gasteiger partial charge is 0.242 e. The Balaban J connectivity index is 1.65. The molecule has 1 aromatic carbocycles. The highest BCUT2D eigenvalue weighted by Crippen LogP contribution is 2.28. The van der Waals surface area contributed by atoms with Crippen LogP contribution in [0.2, 0.25) is 0 Å². The number of fused-ring (bicyclic) bond motifs is 1. The summed E-state index contributed by atoms with van der Waals surface area (Å²) in [6, 6.07) is 8.23. The van der Waals surface area contributed by atoms with Gasteiger partial charge in [0.2, 0.25) is 5.91 Å². The van der Waals surface area contributed by atoms with Crippen molar-refractivity contribution in [2.75, 3.05) is 42.9 Å². The molecule has 2 aliphatic rings. The molecule has 1 fully saturated rings. The molecule has 1 amide bonds. The number of amides is 1. The third-order valence-electron chi connectivity index (χ3n) is 4.40. The lowest BCUT2D eigenvalue weighted by molar-refractivity contribution is -0.131. The van der Waals surface area contributed by atoms with Crippen LogP contribution < -0.4 is 10.2 Å². The molecule has 0 bridgehead atoms. The lowest BCUT2D eigenvalue weighted by atomic mass is 9.99. The van der Waals surface area contributed by atoms with Crippen molar-refractivity contribution in [3.63, 3.8) is 0 Å². The SMILES string of the molecule is CC1CCN(C(=O)CN2CCNc3ccccc32)CC1. The van der Waals surface area contributed by atoms with Gasteiger partial charge in [0.05, 0.1) is 17.9 Å². The van der Waals surface area contributed by atoms with E-state index in [-0.39, 0.29) is 5.91 Å². The summed E-state index contributed by atoms with van der Waals surface area (Å²) in [5, 5.41) is 3.38. The molecule has 0 radical (unpaired) electrons. The zero-order valence-corrected chi connectivity index (χ0v) is 12.1. The number of benzene rings is 1. The summed E-state index contributed by atoms with van der Waals surface area (Å²) in [5.74, 6) is 1.03. The van der Waals surface area contributed by atoms with E-state index < -0.39 is 0 Å². The van der Waals surface area contributed by atoms with Crippen LogP contribution in [-0.4, -0.2) is 43.5 Å². The minimum atomic E-state index is 0.272. The molecular weight excluding hydrogens is 250 g/mol. The molecule has 1 aromatic rings. The molecule has 3 rings (SSSR count). The lowest BCUT2D eigenvalue weighted by Crippen LogP contribution is -2.46. The standard InChI is InChI=1S/C16H23N3O/c1-13-6-9-18(10-7-13)16(20)12-19-11-8-17-14-4-2-3-5-15(14)19/h2-5,13,17H,6-12H2,1H3. The van der Waals surface area contributed by atoms with Gasteiger partial charge in [0.15, 0.2) is 0 Å². The summed E-state index contributed by atoms with van der Waals surface area (Å²) >= 11 is 0. The Bertz CT molecular complexity index is 480. The Hall–Kier alpha value is -1.71. The van der Waals surface area contributed by atoms with Crippen molar-refractivity contribution in [1.82, 2.24) is 4.90 Å². The molecule has 0 unspecified atom stereocenters. The molecule has 0 saturated carbocycles. The summed E-state index contributed by atoms with van der Waals surface area (Å²) in [5.41, 5.74) is 2.29. The molecule has 2 aliphatic heterocycles. The van der Waals surface area contributed by atoms with E-state index in [4.69, 9.17) is 0 Å². The van der Waals surface area contributed by atoms with Gasteiger partial charge in [0, 0.05) is 26.2 Å². The number of piperidine rings is 1. The summed E-state index contributed by atoms with van der Waals surface area (Å²) in [4.78, 5) is 16.7. The number of para-hydroxylation sites is 2. The average Bonchev–Trinajstić information content (AvgIpc) is 2.48. The predicted molar refractivity (Wildman–Crippen MR) is 82.1 cm³/mol. The van der Waals surface area contributed by atoms with Crippen molar-refractivity contribution < 1.29 is 4.79 Å². The Morgan fingerprint density at radius 1 is 1.25 bits per heavy atom. The van der Waals surface area contributed by atoms with Gasteiger partial charge >= 0.3 is 0 Å². The molecule has 0 aromatic heterocycles. The van der Waals surface area contributed by atoms with E-state index in [2.05, 4.69) is 29.3 Å². The van der Waals surface area contributed by atoms with Gasteiger partial charge in [-0.2, -0.15) is 0 Å². The normalized spacial score (nSPS) is 19.4. The molecule has 4 heteroatoms. The summed E-state index contributed by atoms with van der Waals surface area (Å²) in [7, 11) is 0. The second-order valence-electron chi connectivity index (χ2n) is 5.93. The molecule has 0 atom stereocenters. The summed E-state index contributed by atoms with van der Waals surface area (Å²) in [6.07, 6.45) is 2.29. The fourth-order valence-corrected chi connectivity index (χ4v) is 3.03. The van der Waals surface area contributed by atoms with Gasteiger partial charge in [0.25, 0.3) is 0 Å². The molecule has 1 N–H and O–H groups in total. The molecular formula is C16H23N3O. The van der Waals surface area contributed by atoms with Crippen LogP contribution in [0.1, 0.15) is 19.8 Å². The molecule has 4 nitrogen and oxygen atoms in total. The molecule has 0 spiro atoms. The van der Waals surface area contributed by atoms with Gasteiger partial charge in [-0.15, -0.1) is 0 Å². The van der Waals surface area contributed by atoms with Gasteiger partial charge in [0.1, 0.15) is 0 Å². The van der Waals surface area contributed by atoms with Gasteiger partial charge < -0.3 is 15.1 Å². The second kappa shape index (κ2) is 5.73. The predicted octanol–water partition coefficient (Wildman–Crippen LogP) is 2.18. The number of nitrogens with one attached hydrogen (secondary N) is 1. The van der Waals surface area contributed by atoms with Crippen LogP contribution in [0.3, 0.4) is 0 Å². The van der Waals surface area contributed by atoms with Gasteiger partial charge in [-0.3, -0.25) is 4.79 Å². The van der Waals surface area contributed by atoms with Crippen LogP contribution in [0.5, 0.6) is 0 Å². The molecule has 20 heavy (non-hydrogen) atoms. The minimum Gasteiger partial charge on any atom is -0.382 e. The average molecular weight is 273 g/mol. The number of hydrogen-bond acceptors (Lipinski definition) is 3. The summed E-state index contributed by atoms with van der Waals surface area (Å²) in [6.45, 7) is 6.43. The topological polar surface area (TPSA) is 35.6 Å². The Labute approximate surface area is 120 Å². The summed E-state index contributed by atoms with van der Waals surface area (Å²) < 4.78 is 0. The van der Waals surface area contributed by atoms with Crippen LogP contribution in [-0.2, 0) is 4.79 Å². The molecule has 0 aliphatic carbocycles. The van der Waals surface area contributed by atoms with Crippen LogP contribution in [0.4, 0.5) is 11.4 Å². The van der Waals surface area contributed by atoms with E-state index in [9.17, 15) is 4.79 Å². The van der Waals surface area contributed by atoms with Gasteiger partial charge in [-0.25, -0.2) is 0 Å². The Kier molecular flexibility index (Phi) is 3.81. The van der Waals surface area contributed by atoms with Crippen molar-refractivity contribution in [2.45, 2.75) is 19.8 Å². The number of hydrogen-bond donors (Lipinski definition) is 1. The largest absolute Gasteiger partial charge is 0.382 e. The first-order valence-electron chi connectivity index (χ1n) is 7.59. The Morgan fingerprint density at radius 3 is 2.80 bits per heavy atom. The van der Waals surface area contributed by atoms with E-state index >= 15 is 0 Å². The minimum absolute atomic E-state index is 0.272. The number of carbonyl (C=O) groups is 1. The molecule has 2 heterocycles.